The first-order valence-electron chi connectivity index (χ1n) is 9.32. The molecule has 5 nitrogen and oxygen atoms in total. The van der Waals surface area contributed by atoms with Crippen molar-refractivity contribution in [3.8, 4) is 5.75 Å². The number of aryl methyl sites for hydroxylation is 1. The maximum absolute atomic E-state index is 12.8. The fourth-order valence-electron chi connectivity index (χ4n) is 3.35. The fourth-order valence-corrected chi connectivity index (χ4v) is 4.04. The Morgan fingerprint density at radius 2 is 2.15 bits per heavy atom. The molecule has 1 aromatic heterocycles. The lowest BCUT2D eigenvalue weighted by Crippen LogP contribution is -2.46. The van der Waals surface area contributed by atoms with Crippen LogP contribution in [-0.4, -0.2) is 54.9 Å². The Morgan fingerprint density at radius 1 is 1.30 bits per heavy atom. The van der Waals surface area contributed by atoms with E-state index in [4.69, 9.17) is 4.74 Å². The second-order valence-corrected chi connectivity index (χ2v) is 7.94. The van der Waals surface area contributed by atoms with Crippen LogP contribution >= 0.6 is 11.3 Å². The van der Waals surface area contributed by atoms with Gasteiger partial charge in [-0.2, -0.15) is 0 Å². The molecule has 0 bridgehead atoms. The minimum atomic E-state index is -0.133. The summed E-state index contributed by atoms with van der Waals surface area (Å²) < 4.78 is 5.75. The smallest absolute Gasteiger partial charge is 0.263 e. The average molecular weight is 387 g/mol. The zero-order valence-electron chi connectivity index (χ0n) is 15.9. The van der Waals surface area contributed by atoms with Crippen LogP contribution in [0.5, 0.6) is 5.75 Å². The van der Waals surface area contributed by atoms with Crippen molar-refractivity contribution in [1.82, 2.24) is 9.80 Å². The first-order valence-corrected chi connectivity index (χ1v) is 10.2. The van der Waals surface area contributed by atoms with Gasteiger partial charge in [0.25, 0.3) is 5.91 Å². The Kier molecular flexibility index (Phi) is 6.50. The standard InChI is InChI=1S/C21H26N2O3S/c1-16-6-3-8-18(14-16)26-12-11-22(2)20(24)17-7-4-10-23(15-17)21(25)19-9-5-13-27-19/h3,5-6,8-9,13-14,17H,4,7,10-12,15H2,1-2H3/t17-/m0/s1. The second-order valence-electron chi connectivity index (χ2n) is 6.99. The van der Waals surface area contributed by atoms with Gasteiger partial charge in [-0.3, -0.25) is 9.59 Å². The number of benzene rings is 1. The van der Waals surface area contributed by atoms with E-state index in [-0.39, 0.29) is 17.7 Å². The number of ether oxygens (including phenoxy) is 1. The molecular weight excluding hydrogens is 360 g/mol. The van der Waals surface area contributed by atoms with Crippen molar-refractivity contribution in [1.29, 1.82) is 0 Å². The second kappa shape index (κ2) is 9.04. The number of amides is 2. The SMILES string of the molecule is Cc1cccc(OCCN(C)C(=O)[C@H]2CCCN(C(=O)c3cccs3)C2)c1. The van der Waals surface area contributed by atoms with Crippen molar-refractivity contribution in [2.24, 2.45) is 5.92 Å². The molecule has 1 atom stereocenters. The van der Waals surface area contributed by atoms with Crippen LogP contribution in [0, 0.1) is 12.8 Å². The number of hydrogen-bond acceptors (Lipinski definition) is 4. The van der Waals surface area contributed by atoms with E-state index < -0.39 is 0 Å². The van der Waals surface area contributed by atoms with Crippen molar-refractivity contribution in [2.75, 3.05) is 33.3 Å². The van der Waals surface area contributed by atoms with Crippen LogP contribution in [0.25, 0.3) is 0 Å². The number of carbonyl (C=O) groups is 2. The molecule has 2 heterocycles. The molecule has 0 saturated carbocycles. The van der Waals surface area contributed by atoms with Crippen LogP contribution in [0.15, 0.2) is 41.8 Å². The van der Waals surface area contributed by atoms with E-state index in [9.17, 15) is 9.59 Å². The summed E-state index contributed by atoms with van der Waals surface area (Å²) in [6.07, 6.45) is 1.69. The van der Waals surface area contributed by atoms with E-state index in [1.54, 1.807) is 4.90 Å². The topological polar surface area (TPSA) is 49.9 Å². The first kappa shape index (κ1) is 19.4. The third-order valence-corrected chi connectivity index (χ3v) is 5.71. The van der Waals surface area contributed by atoms with Crippen LogP contribution in [0.4, 0.5) is 0 Å². The summed E-state index contributed by atoms with van der Waals surface area (Å²) in [5.74, 6) is 0.812. The van der Waals surface area contributed by atoms with Crippen LogP contribution in [0.2, 0.25) is 0 Å². The van der Waals surface area contributed by atoms with Crippen LogP contribution in [0.1, 0.15) is 28.1 Å². The van der Waals surface area contributed by atoms with Crippen molar-refractivity contribution in [3.63, 3.8) is 0 Å². The Labute approximate surface area is 164 Å². The lowest BCUT2D eigenvalue weighted by atomic mass is 9.96. The molecule has 1 aliphatic heterocycles. The van der Waals surface area contributed by atoms with Crippen molar-refractivity contribution >= 4 is 23.2 Å². The molecule has 1 aliphatic rings. The van der Waals surface area contributed by atoms with Crippen LogP contribution in [-0.2, 0) is 4.79 Å². The Morgan fingerprint density at radius 3 is 2.89 bits per heavy atom. The molecule has 0 radical (unpaired) electrons. The first-order chi connectivity index (χ1) is 13.0. The Bertz CT molecular complexity index is 775. The maximum Gasteiger partial charge on any atom is 0.263 e. The number of rotatable bonds is 6. The molecule has 1 aromatic carbocycles. The Balaban J connectivity index is 1.49. The Hall–Kier alpha value is -2.34. The number of likely N-dealkylation sites (tertiary alicyclic amines) is 1. The van der Waals surface area contributed by atoms with Gasteiger partial charge in [0.1, 0.15) is 12.4 Å². The van der Waals surface area contributed by atoms with Gasteiger partial charge in [-0.1, -0.05) is 18.2 Å². The van der Waals surface area contributed by atoms with E-state index in [1.807, 2.05) is 60.6 Å². The van der Waals surface area contributed by atoms with Gasteiger partial charge in [-0.15, -0.1) is 11.3 Å². The largest absolute Gasteiger partial charge is 0.492 e. The molecule has 2 aromatic rings. The van der Waals surface area contributed by atoms with Crippen molar-refractivity contribution in [3.05, 3.63) is 52.2 Å². The zero-order valence-corrected chi connectivity index (χ0v) is 16.7. The normalized spacial score (nSPS) is 16.8. The summed E-state index contributed by atoms with van der Waals surface area (Å²) in [6.45, 7) is 4.23. The summed E-state index contributed by atoms with van der Waals surface area (Å²) in [6, 6.07) is 11.6. The van der Waals surface area contributed by atoms with E-state index >= 15 is 0 Å². The molecule has 0 N–H and O–H groups in total. The monoisotopic (exact) mass is 386 g/mol. The van der Waals surface area contributed by atoms with Crippen LogP contribution in [0.3, 0.4) is 0 Å². The van der Waals surface area contributed by atoms with Gasteiger partial charge >= 0.3 is 0 Å². The summed E-state index contributed by atoms with van der Waals surface area (Å²) in [5.41, 5.74) is 1.15. The molecule has 3 rings (SSSR count). The minimum absolute atomic E-state index is 0.0351. The number of likely N-dealkylation sites (N-methyl/N-ethyl adjacent to an activating group) is 1. The third kappa shape index (κ3) is 5.10. The zero-order chi connectivity index (χ0) is 19.2. The molecule has 0 unspecified atom stereocenters. The van der Waals surface area contributed by atoms with Gasteiger partial charge in [0.2, 0.25) is 5.91 Å². The highest BCUT2D eigenvalue weighted by molar-refractivity contribution is 7.12. The predicted molar refractivity (Wildman–Crippen MR) is 107 cm³/mol. The van der Waals surface area contributed by atoms with Gasteiger partial charge in [0.05, 0.1) is 17.3 Å². The van der Waals surface area contributed by atoms with Gasteiger partial charge in [0.15, 0.2) is 0 Å². The number of piperidine rings is 1. The van der Waals surface area contributed by atoms with Crippen molar-refractivity contribution in [2.45, 2.75) is 19.8 Å². The molecule has 1 saturated heterocycles. The van der Waals surface area contributed by atoms with E-state index in [0.717, 1.165) is 35.6 Å². The van der Waals surface area contributed by atoms with Gasteiger partial charge < -0.3 is 14.5 Å². The van der Waals surface area contributed by atoms with E-state index in [0.29, 0.717) is 19.7 Å². The third-order valence-electron chi connectivity index (χ3n) is 4.85. The van der Waals surface area contributed by atoms with Crippen LogP contribution < -0.4 is 4.74 Å². The number of hydrogen-bond donors (Lipinski definition) is 0. The highest BCUT2D eigenvalue weighted by atomic mass is 32.1. The van der Waals surface area contributed by atoms with Gasteiger partial charge in [-0.05, 0) is 48.9 Å². The summed E-state index contributed by atoms with van der Waals surface area (Å²) >= 11 is 1.45. The number of nitrogens with zero attached hydrogens (tertiary/aromatic N) is 2. The minimum Gasteiger partial charge on any atom is -0.492 e. The predicted octanol–water partition coefficient (Wildman–Crippen LogP) is 3.45. The summed E-state index contributed by atoms with van der Waals surface area (Å²) in [5, 5.41) is 1.90. The molecule has 144 valence electrons. The fraction of sp³-hybridized carbons (Fsp3) is 0.429. The highest BCUT2D eigenvalue weighted by Gasteiger charge is 2.30. The van der Waals surface area contributed by atoms with Crippen molar-refractivity contribution < 1.29 is 14.3 Å². The molecule has 0 spiro atoms. The molecule has 6 heteroatoms. The maximum atomic E-state index is 12.8. The number of thiophene rings is 1. The average Bonchev–Trinajstić information content (AvgIpc) is 3.21. The lowest BCUT2D eigenvalue weighted by Gasteiger charge is -2.33. The summed E-state index contributed by atoms with van der Waals surface area (Å²) in [4.78, 5) is 29.6. The molecule has 0 aliphatic carbocycles. The molecular formula is C21H26N2O3S. The highest BCUT2D eigenvalue weighted by Crippen LogP contribution is 2.22. The number of carbonyl (C=O) groups excluding carboxylic acids is 2. The molecule has 2 amide bonds. The van der Waals surface area contributed by atoms with E-state index in [2.05, 4.69) is 0 Å². The molecule has 27 heavy (non-hydrogen) atoms. The van der Waals surface area contributed by atoms with E-state index in [1.165, 1.54) is 11.3 Å². The quantitative estimate of drug-likeness (QED) is 0.764. The van der Waals surface area contributed by atoms with Gasteiger partial charge in [0, 0.05) is 20.1 Å². The summed E-state index contributed by atoms with van der Waals surface area (Å²) in [7, 11) is 1.81. The van der Waals surface area contributed by atoms with Gasteiger partial charge in [-0.25, -0.2) is 0 Å². The lowest BCUT2D eigenvalue weighted by molar-refractivity contribution is -0.135. The molecule has 1 fully saturated rings.